The number of ether oxygens (including phenoxy) is 1. The molecule has 6 heteroatoms. The zero-order valence-corrected chi connectivity index (χ0v) is 4.37. The van der Waals surface area contributed by atoms with Gasteiger partial charge in [-0.15, -0.1) is 0 Å². The molecule has 0 fully saturated rings. The average Bonchev–Trinajstić information content (AvgIpc) is 1.67. The third-order valence-electron chi connectivity index (χ3n) is 0.431. The average molecular weight is 145 g/mol. The van der Waals surface area contributed by atoms with Crippen LogP contribution in [0.15, 0.2) is 0 Å². The molecule has 0 aromatic rings. The predicted octanol–water partition coefficient (Wildman–Crippen LogP) is -0.425. The van der Waals surface area contributed by atoms with Crippen LogP contribution in [0, 0.1) is 0 Å². The van der Waals surface area contributed by atoms with E-state index in [0.29, 0.717) is 0 Å². The van der Waals surface area contributed by atoms with Gasteiger partial charge in [-0.3, -0.25) is 10.4 Å². The van der Waals surface area contributed by atoms with Gasteiger partial charge >= 0.3 is 35.7 Å². The number of nitrogens with zero attached hydrogens (tertiary/aromatic N) is 1. The SMILES string of the molecule is CCOC(=O)N(O)O.[NaH]. The molecule has 0 heterocycles. The zero-order chi connectivity index (χ0) is 6.57. The van der Waals surface area contributed by atoms with Crippen molar-refractivity contribution in [1.82, 2.24) is 5.23 Å². The zero-order valence-electron chi connectivity index (χ0n) is 4.37. The van der Waals surface area contributed by atoms with Gasteiger partial charge in [0.1, 0.15) is 0 Å². The third kappa shape index (κ3) is 6.07. The van der Waals surface area contributed by atoms with Gasteiger partial charge in [-0.1, -0.05) is 5.23 Å². The van der Waals surface area contributed by atoms with Crippen LogP contribution in [0.1, 0.15) is 6.92 Å². The summed E-state index contributed by atoms with van der Waals surface area (Å²) in [6, 6.07) is 0. The van der Waals surface area contributed by atoms with E-state index in [4.69, 9.17) is 10.4 Å². The van der Waals surface area contributed by atoms with Crippen molar-refractivity contribution >= 4 is 35.7 Å². The topological polar surface area (TPSA) is 70.0 Å². The van der Waals surface area contributed by atoms with E-state index in [1.165, 1.54) is 0 Å². The van der Waals surface area contributed by atoms with Crippen molar-refractivity contribution in [1.29, 1.82) is 0 Å². The summed E-state index contributed by atoms with van der Waals surface area (Å²) < 4.78 is 4.09. The first-order valence-corrected chi connectivity index (χ1v) is 2.03. The fourth-order valence-corrected chi connectivity index (χ4v) is 0.181. The molecule has 0 aliphatic heterocycles. The number of hydrogen-bond acceptors (Lipinski definition) is 4. The molecule has 0 aromatic carbocycles. The first kappa shape index (κ1) is 11.9. The molecular formula is C3H8NNaO4. The van der Waals surface area contributed by atoms with Gasteiger partial charge in [-0.2, -0.15) is 0 Å². The van der Waals surface area contributed by atoms with Crippen LogP contribution in [0.3, 0.4) is 0 Å². The van der Waals surface area contributed by atoms with Gasteiger partial charge < -0.3 is 4.74 Å². The van der Waals surface area contributed by atoms with Crippen LogP contribution < -0.4 is 0 Å². The van der Waals surface area contributed by atoms with E-state index in [-0.39, 0.29) is 36.2 Å². The van der Waals surface area contributed by atoms with Crippen LogP contribution in [-0.4, -0.2) is 57.9 Å². The molecule has 0 spiro atoms. The van der Waals surface area contributed by atoms with E-state index >= 15 is 0 Å². The molecule has 0 saturated carbocycles. The Morgan fingerprint density at radius 3 is 2.22 bits per heavy atom. The second-order valence-corrected chi connectivity index (χ2v) is 0.988. The monoisotopic (exact) mass is 145 g/mol. The fourth-order valence-electron chi connectivity index (χ4n) is 0.181. The fraction of sp³-hybridized carbons (Fsp3) is 0.667. The van der Waals surface area contributed by atoms with Crippen LogP contribution in [0.25, 0.3) is 0 Å². The number of amides is 1. The maximum atomic E-state index is 9.95. The van der Waals surface area contributed by atoms with Crippen LogP contribution >= 0.6 is 0 Å². The predicted molar refractivity (Wildman–Crippen MR) is 29.6 cm³/mol. The van der Waals surface area contributed by atoms with Gasteiger partial charge in [0.05, 0.1) is 6.61 Å². The molecule has 1 amide bonds. The van der Waals surface area contributed by atoms with Crippen LogP contribution in [-0.2, 0) is 4.74 Å². The molecule has 5 nitrogen and oxygen atoms in total. The molecule has 0 atom stereocenters. The summed E-state index contributed by atoms with van der Waals surface area (Å²) in [6.07, 6.45) is -1.17. The summed E-state index contributed by atoms with van der Waals surface area (Å²) in [6.45, 7) is 1.68. The van der Waals surface area contributed by atoms with E-state index in [9.17, 15) is 4.79 Å². The van der Waals surface area contributed by atoms with Crippen molar-refractivity contribution < 1.29 is 19.9 Å². The molecule has 0 rings (SSSR count). The minimum atomic E-state index is -1.17. The van der Waals surface area contributed by atoms with E-state index in [1.54, 1.807) is 6.92 Å². The Morgan fingerprint density at radius 1 is 1.67 bits per heavy atom. The molecule has 2 N–H and O–H groups in total. The van der Waals surface area contributed by atoms with Gasteiger partial charge in [-0.05, 0) is 6.92 Å². The number of rotatable bonds is 1. The first-order chi connectivity index (χ1) is 3.68. The van der Waals surface area contributed by atoms with Gasteiger partial charge in [0.15, 0.2) is 0 Å². The molecule has 0 unspecified atom stereocenters. The van der Waals surface area contributed by atoms with Crippen LogP contribution in [0.5, 0.6) is 0 Å². The second-order valence-electron chi connectivity index (χ2n) is 0.988. The molecule has 0 radical (unpaired) electrons. The van der Waals surface area contributed by atoms with Crippen molar-refractivity contribution in [2.45, 2.75) is 6.92 Å². The Labute approximate surface area is 74.4 Å². The Bertz CT molecular complexity index is 85.9. The summed E-state index contributed by atoms with van der Waals surface area (Å²) in [4.78, 5) is 9.95. The number of hydrogen-bond donors (Lipinski definition) is 2. The Balaban J connectivity index is 0. The molecule has 0 aliphatic rings. The third-order valence-corrected chi connectivity index (χ3v) is 0.431. The van der Waals surface area contributed by atoms with E-state index in [2.05, 4.69) is 4.74 Å². The maximum absolute atomic E-state index is 9.95. The van der Waals surface area contributed by atoms with E-state index < -0.39 is 11.3 Å². The van der Waals surface area contributed by atoms with Gasteiger partial charge in [-0.25, -0.2) is 4.79 Å². The number of carbonyl (C=O) groups is 1. The van der Waals surface area contributed by atoms with Crippen molar-refractivity contribution in [3.8, 4) is 0 Å². The summed E-state index contributed by atoms with van der Waals surface area (Å²) in [5, 5.41) is 15.1. The summed E-state index contributed by atoms with van der Waals surface area (Å²) in [7, 11) is 0. The van der Waals surface area contributed by atoms with Crippen molar-refractivity contribution in [2.24, 2.45) is 0 Å². The molecule has 0 bridgehead atoms. The molecule has 0 aliphatic carbocycles. The Hall–Kier alpha value is 0.190. The first-order valence-electron chi connectivity index (χ1n) is 2.03. The summed E-state index contributed by atoms with van der Waals surface area (Å²) >= 11 is 0. The Morgan fingerprint density at radius 2 is 2.11 bits per heavy atom. The van der Waals surface area contributed by atoms with Crippen molar-refractivity contribution in [2.75, 3.05) is 6.61 Å². The number of carbonyl (C=O) groups excluding carboxylic acids is 1. The van der Waals surface area contributed by atoms with Crippen molar-refractivity contribution in [3.63, 3.8) is 0 Å². The standard InChI is InChI=1S/C3H7NO4.Na.H/c1-2-8-3(5)4(6)7;;/h6-7H,2H2,1H3;;. The quantitative estimate of drug-likeness (QED) is 0.298. The van der Waals surface area contributed by atoms with Crippen LogP contribution in [0.4, 0.5) is 4.79 Å². The van der Waals surface area contributed by atoms with E-state index in [0.717, 1.165) is 0 Å². The van der Waals surface area contributed by atoms with E-state index in [1.807, 2.05) is 0 Å². The Kier molecular flexibility index (Phi) is 8.36. The van der Waals surface area contributed by atoms with Gasteiger partial charge in [0.25, 0.3) is 0 Å². The number of hydroxylamine groups is 2. The van der Waals surface area contributed by atoms with Gasteiger partial charge in [0.2, 0.25) is 0 Å². The molecular weight excluding hydrogens is 137 g/mol. The second kappa shape index (κ2) is 6.31. The molecule has 9 heavy (non-hydrogen) atoms. The normalized spacial score (nSPS) is 7.44. The summed E-state index contributed by atoms with van der Waals surface area (Å²) in [5.74, 6) is 0. The van der Waals surface area contributed by atoms with Crippen LogP contribution in [0.2, 0.25) is 0 Å². The summed E-state index contributed by atoms with van der Waals surface area (Å²) in [5.41, 5.74) is 0. The van der Waals surface area contributed by atoms with Gasteiger partial charge in [0, 0.05) is 0 Å². The molecule has 0 aromatic heterocycles. The molecule has 0 saturated heterocycles. The van der Waals surface area contributed by atoms with Crippen molar-refractivity contribution in [3.05, 3.63) is 0 Å². The minimum absolute atomic E-state index is 0. The molecule has 50 valence electrons.